The first-order valence-corrected chi connectivity index (χ1v) is 4.54. The molecular weight excluding hydrogens is 178 g/mol. The van der Waals surface area contributed by atoms with E-state index in [1.807, 2.05) is 30.3 Å². The zero-order chi connectivity index (χ0) is 10.6. The van der Waals surface area contributed by atoms with E-state index in [2.05, 4.69) is 10.5 Å². The number of carbonyl (C=O) groups excluding carboxylic acids is 1. The van der Waals surface area contributed by atoms with Gasteiger partial charge in [0.25, 0.3) is 0 Å². The normalized spacial score (nSPS) is 14.5. The van der Waals surface area contributed by atoms with Crippen LogP contribution in [0.15, 0.2) is 30.3 Å². The number of hydrogen-bond acceptors (Lipinski definition) is 2. The van der Waals surface area contributed by atoms with E-state index in [-0.39, 0.29) is 5.97 Å². The molecule has 1 aromatic rings. The molecule has 14 heavy (non-hydrogen) atoms. The number of benzene rings is 1. The number of ether oxygens (including phenoxy) is 1. The molecule has 0 spiro atoms. The van der Waals surface area contributed by atoms with E-state index in [0.29, 0.717) is 6.42 Å². The van der Waals surface area contributed by atoms with Gasteiger partial charge in [0.15, 0.2) is 5.54 Å². The van der Waals surface area contributed by atoms with Crippen molar-refractivity contribution in [2.24, 2.45) is 0 Å². The molecule has 1 aromatic carbocycles. The molecule has 0 heterocycles. The van der Waals surface area contributed by atoms with Gasteiger partial charge in [-0.05, 0) is 5.56 Å². The zero-order valence-corrected chi connectivity index (χ0v) is 8.62. The highest BCUT2D eigenvalue weighted by molar-refractivity contribution is 5.78. The van der Waals surface area contributed by atoms with Crippen LogP contribution in [-0.2, 0) is 16.0 Å². The summed E-state index contributed by atoms with van der Waals surface area (Å²) >= 11 is 0. The van der Waals surface area contributed by atoms with Gasteiger partial charge < -0.3 is 10.5 Å². The third-order valence-electron chi connectivity index (χ3n) is 2.12. The predicted molar refractivity (Wildman–Crippen MR) is 53.5 cm³/mol. The topological polar surface area (TPSA) is 53.9 Å². The maximum atomic E-state index is 11.4. The van der Waals surface area contributed by atoms with E-state index in [4.69, 9.17) is 0 Å². The number of carbonyl (C=O) groups is 1. The summed E-state index contributed by atoms with van der Waals surface area (Å²) in [5.74, 6) is -0.277. The Balaban J connectivity index is 2.73. The molecule has 1 rings (SSSR count). The molecule has 0 aliphatic rings. The minimum absolute atomic E-state index is 0.277. The Bertz CT molecular complexity index is 306. The lowest BCUT2D eigenvalue weighted by molar-refractivity contribution is -0.456. The smallest absolute Gasteiger partial charge is 0.367 e. The highest BCUT2D eigenvalue weighted by Gasteiger charge is 2.33. The second-order valence-corrected chi connectivity index (χ2v) is 3.71. The van der Waals surface area contributed by atoms with E-state index >= 15 is 0 Å². The Morgan fingerprint density at radius 1 is 1.43 bits per heavy atom. The maximum Gasteiger partial charge on any atom is 0.367 e. The van der Waals surface area contributed by atoms with Crippen LogP contribution in [0.4, 0.5) is 0 Å². The standard InChI is InChI=1S/C11H15NO2/c1-11(12,10(13)14-2)8-9-6-4-3-5-7-9/h3-7H,8,12H2,1-2H3/p+1/t11-/m1/s1. The Labute approximate surface area is 83.9 Å². The van der Waals surface area contributed by atoms with Crippen LogP contribution in [0, 0.1) is 0 Å². The molecule has 0 saturated carbocycles. The Hall–Kier alpha value is -1.35. The molecule has 0 aliphatic heterocycles. The highest BCUT2D eigenvalue weighted by atomic mass is 16.5. The van der Waals surface area contributed by atoms with Crippen LogP contribution < -0.4 is 5.73 Å². The average Bonchev–Trinajstić information content (AvgIpc) is 2.17. The average molecular weight is 194 g/mol. The van der Waals surface area contributed by atoms with Crippen LogP contribution in [0.2, 0.25) is 0 Å². The van der Waals surface area contributed by atoms with E-state index in [1.54, 1.807) is 6.92 Å². The third-order valence-corrected chi connectivity index (χ3v) is 2.12. The fraction of sp³-hybridized carbons (Fsp3) is 0.364. The Morgan fingerprint density at radius 2 is 2.00 bits per heavy atom. The van der Waals surface area contributed by atoms with Gasteiger partial charge >= 0.3 is 5.97 Å². The molecular formula is C11H16NO2+. The molecule has 3 nitrogen and oxygen atoms in total. The van der Waals surface area contributed by atoms with Crippen molar-refractivity contribution in [1.82, 2.24) is 0 Å². The SMILES string of the molecule is COC(=O)[C@](C)([NH3+])Cc1ccccc1. The molecule has 0 radical (unpaired) electrons. The van der Waals surface area contributed by atoms with E-state index in [1.165, 1.54) is 7.11 Å². The zero-order valence-electron chi connectivity index (χ0n) is 8.62. The Kier molecular flexibility index (Phi) is 3.25. The minimum Gasteiger partial charge on any atom is -0.464 e. The predicted octanol–water partition coefficient (Wildman–Crippen LogP) is 0.403. The van der Waals surface area contributed by atoms with Gasteiger partial charge in [0.1, 0.15) is 0 Å². The molecule has 0 bridgehead atoms. The minimum atomic E-state index is -0.698. The molecule has 1 atom stereocenters. The second-order valence-electron chi connectivity index (χ2n) is 3.71. The summed E-state index contributed by atoms with van der Waals surface area (Å²) < 4.78 is 4.69. The van der Waals surface area contributed by atoms with Crippen LogP contribution in [0.1, 0.15) is 12.5 Å². The lowest BCUT2D eigenvalue weighted by Gasteiger charge is -2.17. The summed E-state index contributed by atoms with van der Waals surface area (Å²) in [6.45, 7) is 1.78. The number of esters is 1. The van der Waals surface area contributed by atoms with Gasteiger partial charge in [0.2, 0.25) is 0 Å². The molecule has 0 aromatic heterocycles. The van der Waals surface area contributed by atoms with Crippen LogP contribution in [0.3, 0.4) is 0 Å². The van der Waals surface area contributed by atoms with Gasteiger partial charge in [0.05, 0.1) is 7.11 Å². The lowest BCUT2D eigenvalue weighted by atomic mass is 9.94. The summed E-state index contributed by atoms with van der Waals surface area (Å²) in [4.78, 5) is 11.4. The van der Waals surface area contributed by atoms with Crippen LogP contribution >= 0.6 is 0 Å². The van der Waals surface area contributed by atoms with Gasteiger partial charge in [0, 0.05) is 13.3 Å². The second kappa shape index (κ2) is 4.24. The van der Waals surface area contributed by atoms with Crippen molar-refractivity contribution in [2.75, 3.05) is 7.11 Å². The first kappa shape index (κ1) is 10.7. The number of hydrogen-bond donors (Lipinski definition) is 1. The van der Waals surface area contributed by atoms with Crippen LogP contribution in [-0.4, -0.2) is 18.6 Å². The fourth-order valence-corrected chi connectivity index (χ4v) is 1.36. The van der Waals surface area contributed by atoms with Crippen molar-refractivity contribution in [3.8, 4) is 0 Å². The summed E-state index contributed by atoms with van der Waals surface area (Å²) in [6.07, 6.45) is 0.598. The van der Waals surface area contributed by atoms with Gasteiger partial charge in [-0.2, -0.15) is 0 Å². The van der Waals surface area contributed by atoms with Crippen molar-refractivity contribution in [3.05, 3.63) is 35.9 Å². The first-order chi connectivity index (χ1) is 6.56. The maximum absolute atomic E-state index is 11.4. The number of quaternary nitrogens is 1. The first-order valence-electron chi connectivity index (χ1n) is 4.54. The van der Waals surface area contributed by atoms with E-state index < -0.39 is 5.54 Å². The van der Waals surface area contributed by atoms with Crippen LogP contribution in [0.5, 0.6) is 0 Å². The summed E-state index contributed by atoms with van der Waals surface area (Å²) in [5, 5.41) is 0. The molecule has 0 fully saturated rings. The van der Waals surface area contributed by atoms with Crippen molar-refractivity contribution in [1.29, 1.82) is 0 Å². The largest absolute Gasteiger partial charge is 0.464 e. The molecule has 76 valence electrons. The summed E-state index contributed by atoms with van der Waals surface area (Å²) in [6, 6.07) is 9.80. The van der Waals surface area contributed by atoms with Crippen molar-refractivity contribution in [2.45, 2.75) is 18.9 Å². The molecule has 3 N–H and O–H groups in total. The van der Waals surface area contributed by atoms with E-state index in [0.717, 1.165) is 5.56 Å². The quantitative estimate of drug-likeness (QED) is 0.708. The molecule has 0 amide bonds. The number of rotatable bonds is 3. The van der Waals surface area contributed by atoms with Gasteiger partial charge in [-0.3, -0.25) is 0 Å². The monoisotopic (exact) mass is 194 g/mol. The molecule has 0 aliphatic carbocycles. The van der Waals surface area contributed by atoms with Crippen LogP contribution in [0.25, 0.3) is 0 Å². The number of methoxy groups -OCH3 is 1. The summed E-state index contributed by atoms with van der Waals surface area (Å²) in [5.41, 5.74) is 4.26. The van der Waals surface area contributed by atoms with Crippen molar-refractivity contribution < 1.29 is 15.3 Å². The molecule has 3 heteroatoms. The molecule has 0 saturated heterocycles. The fourth-order valence-electron chi connectivity index (χ4n) is 1.36. The summed E-state index contributed by atoms with van der Waals surface area (Å²) in [7, 11) is 1.39. The van der Waals surface area contributed by atoms with Gasteiger partial charge in [-0.1, -0.05) is 30.3 Å². The van der Waals surface area contributed by atoms with Gasteiger partial charge in [-0.15, -0.1) is 0 Å². The Morgan fingerprint density at radius 3 is 2.50 bits per heavy atom. The van der Waals surface area contributed by atoms with Crippen molar-refractivity contribution in [3.63, 3.8) is 0 Å². The lowest BCUT2D eigenvalue weighted by Crippen LogP contribution is -2.76. The highest BCUT2D eigenvalue weighted by Crippen LogP contribution is 2.09. The van der Waals surface area contributed by atoms with Gasteiger partial charge in [-0.25, -0.2) is 4.79 Å². The molecule has 0 unspecified atom stereocenters. The van der Waals surface area contributed by atoms with E-state index in [9.17, 15) is 4.79 Å². The van der Waals surface area contributed by atoms with Crippen molar-refractivity contribution >= 4 is 5.97 Å². The third kappa shape index (κ3) is 2.57.